The molecule has 0 spiro atoms. The highest BCUT2D eigenvalue weighted by molar-refractivity contribution is 5.89. The van der Waals surface area contributed by atoms with Gasteiger partial charge >= 0.3 is 0 Å². The first kappa shape index (κ1) is 14.7. The summed E-state index contributed by atoms with van der Waals surface area (Å²) in [7, 11) is 0. The quantitative estimate of drug-likeness (QED) is 0.900. The molecule has 0 saturated carbocycles. The van der Waals surface area contributed by atoms with E-state index in [0.717, 1.165) is 18.7 Å². The van der Waals surface area contributed by atoms with Crippen LogP contribution in [0.3, 0.4) is 0 Å². The van der Waals surface area contributed by atoms with Crippen molar-refractivity contribution in [2.75, 3.05) is 19.6 Å². The third kappa shape index (κ3) is 3.68. The molecule has 1 aliphatic heterocycles. The van der Waals surface area contributed by atoms with Crippen LogP contribution in [-0.4, -0.2) is 25.4 Å². The lowest BCUT2D eigenvalue weighted by Gasteiger charge is -2.31. The van der Waals surface area contributed by atoms with Gasteiger partial charge in [0.15, 0.2) is 0 Å². The van der Waals surface area contributed by atoms with Crippen molar-refractivity contribution in [1.29, 1.82) is 5.26 Å². The summed E-state index contributed by atoms with van der Waals surface area (Å²) in [5.74, 6) is 0.767. The number of ketones is 1. The van der Waals surface area contributed by atoms with Gasteiger partial charge < -0.3 is 4.90 Å². The van der Waals surface area contributed by atoms with Gasteiger partial charge in [0, 0.05) is 11.8 Å². The fraction of sp³-hybridized carbons (Fsp3) is 0.529. The monoisotopic (exact) mass is 271 g/mol. The molecule has 1 fully saturated rings. The Morgan fingerprint density at radius 1 is 1.30 bits per heavy atom. The summed E-state index contributed by atoms with van der Waals surface area (Å²) in [6.07, 6.45) is 1.25. The molecule has 0 radical (unpaired) electrons. The number of hydrogen-bond acceptors (Lipinski definition) is 2. The van der Waals surface area contributed by atoms with Gasteiger partial charge in [0.25, 0.3) is 0 Å². The standard InChI is InChI=1S/C17H22N2O/c1-13-8-14(2)11-19(10-13)12-17(20)16(9-18)15-6-4-3-5-7-15/h3-7,13-14,16H,8,10-12H2,1-2H3/p+1/t13-,14-,16-/m0/s1. The maximum absolute atomic E-state index is 12.4. The molecule has 106 valence electrons. The lowest BCUT2D eigenvalue weighted by Crippen LogP contribution is -3.15. The number of nitrogens with one attached hydrogen (secondary N) is 1. The fourth-order valence-electron chi connectivity index (χ4n) is 3.39. The Kier molecular flexibility index (Phi) is 4.92. The van der Waals surface area contributed by atoms with Crippen molar-refractivity contribution in [1.82, 2.24) is 0 Å². The first-order chi connectivity index (χ1) is 9.60. The topological polar surface area (TPSA) is 45.3 Å². The largest absolute Gasteiger partial charge is 0.328 e. The van der Waals surface area contributed by atoms with Gasteiger partial charge in [0.2, 0.25) is 5.78 Å². The normalized spacial score (nSPS) is 27.6. The summed E-state index contributed by atoms with van der Waals surface area (Å²) >= 11 is 0. The number of rotatable bonds is 4. The zero-order chi connectivity index (χ0) is 14.5. The highest BCUT2D eigenvalue weighted by Gasteiger charge is 2.29. The lowest BCUT2D eigenvalue weighted by atomic mass is 9.90. The number of nitriles is 1. The Balaban J connectivity index is 2.02. The summed E-state index contributed by atoms with van der Waals surface area (Å²) in [5.41, 5.74) is 0.817. The summed E-state index contributed by atoms with van der Waals surface area (Å²) in [5, 5.41) is 9.30. The molecule has 2 rings (SSSR count). The fourth-order valence-corrected chi connectivity index (χ4v) is 3.39. The molecule has 1 saturated heterocycles. The van der Waals surface area contributed by atoms with Crippen molar-refractivity contribution in [2.45, 2.75) is 26.2 Å². The summed E-state index contributed by atoms with van der Waals surface area (Å²) < 4.78 is 0. The molecule has 1 aromatic rings. The van der Waals surface area contributed by atoms with Crippen LogP contribution in [-0.2, 0) is 4.79 Å². The van der Waals surface area contributed by atoms with Crippen LogP contribution in [0.5, 0.6) is 0 Å². The van der Waals surface area contributed by atoms with Gasteiger partial charge in [-0.3, -0.25) is 4.79 Å². The zero-order valence-corrected chi connectivity index (χ0v) is 12.3. The van der Waals surface area contributed by atoms with Gasteiger partial charge in [-0.2, -0.15) is 5.26 Å². The molecular formula is C17H23N2O+. The molecule has 3 nitrogen and oxygen atoms in total. The van der Waals surface area contributed by atoms with Crippen molar-refractivity contribution >= 4 is 5.78 Å². The number of nitrogens with zero attached hydrogens (tertiary/aromatic N) is 1. The number of likely N-dealkylation sites (tertiary alicyclic amines) is 1. The number of quaternary nitrogens is 1. The highest BCUT2D eigenvalue weighted by Crippen LogP contribution is 2.16. The number of carbonyl (C=O) groups is 1. The van der Waals surface area contributed by atoms with Gasteiger partial charge in [-0.15, -0.1) is 0 Å². The molecular weight excluding hydrogens is 248 g/mol. The third-order valence-electron chi connectivity index (χ3n) is 4.09. The molecule has 0 aliphatic carbocycles. The Morgan fingerprint density at radius 3 is 2.45 bits per heavy atom. The molecule has 0 bridgehead atoms. The molecule has 0 unspecified atom stereocenters. The Hall–Kier alpha value is -1.66. The molecule has 3 heteroatoms. The second-order valence-corrected chi connectivity index (χ2v) is 6.22. The summed E-state index contributed by atoms with van der Waals surface area (Å²) in [6.45, 7) is 7.06. The molecule has 1 N–H and O–H groups in total. The number of benzene rings is 1. The molecule has 1 aliphatic rings. The first-order valence-corrected chi connectivity index (χ1v) is 7.41. The van der Waals surface area contributed by atoms with Crippen molar-refractivity contribution in [3.63, 3.8) is 0 Å². The van der Waals surface area contributed by atoms with Crippen molar-refractivity contribution in [2.24, 2.45) is 11.8 Å². The number of hydrogen-bond donors (Lipinski definition) is 1. The predicted molar refractivity (Wildman–Crippen MR) is 78.3 cm³/mol. The molecule has 0 aromatic heterocycles. The average Bonchev–Trinajstić information content (AvgIpc) is 2.39. The minimum absolute atomic E-state index is 0.0509. The van der Waals surface area contributed by atoms with E-state index >= 15 is 0 Å². The van der Waals surface area contributed by atoms with E-state index in [-0.39, 0.29) is 5.78 Å². The van der Waals surface area contributed by atoms with E-state index in [1.54, 1.807) is 0 Å². The maximum atomic E-state index is 12.4. The van der Waals surface area contributed by atoms with E-state index in [1.165, 1.54) is 11.3 Å². The van der Waals surface area contributed by atoms with E-state index in [4.69, 9.17) is 0 Å². The van der Waals surface area contributed by atoms with E-state index in [0.29, 0.717) is 18.4 Å². The minimum atomic E-state index is -0.615. The van der Waals surface area contributed by atoms with Gasteiger partial charge in [-0.05, 0) is 12.0 Å². The van der Waals surface area contributed by atoms with Crippen molar-refractivity contribution in [3.05, 3.63) is 35.9 Å². The van der Waals surface area contributed by atoms with Crippen LogP contribution in [0.25, 0.3) is 0 Å². The maximum Gasteiger partial charge on any atom is 0.208 e. The smallest absolute Gasteiger partial charge is 0.208 e. The second kappa shape index (κ2) is 6.67. The zero-order valence-electron chi connectivity index (χ0n) is 12.3. The molecule has 1 heterocycles. The first-order valence-electron chi connectivity index (χ1n) is 7.41. The third-order valence-corrected chi connectivity index (χ3v) is 4.09. The van der Waals surface area contributed by atoms with E-state index < -0.39 is 5.92 Å². The van der Waals surface area contributed by atoms with E-state index in [9.17, 15) is 10.1 Å². The average molecular weight is 271 g/mol. The van der Waals surface area contributed by atoms with Gasteiger partial charge in [0.1, 0.15) is 12.5 Å². The predicted octanol–water partition coefficient (Wildman–Crippen LogP) is 1.42. The lowest BCUT2D eigenvalue weighted by molar-refractivity contribution is -0.904. The molecule has 1 aromatic carbocycles. The van der Waals surface area contributed by atoms with Gasteiger partial charge in [-0.1, -0.05) is 44.2 Å². The van der Waals surface area contributed by atoms with Crippen molar-refractivity contribution < 1.29 is 9.69 Å². The highest BCUT2D eigenvalue weighted by atomic mass is 16.1. The van der Waals surface area contributed by atoms with Gasteiger partial charge in [0.05, 0.1) is 19.2 Å². The van der Waals surface area contributed by atoms with Crippen LogP contribution >= 0.6 is 0 Å². The van der Waals surface area contributed by atoms with Crippen LogP contribution < -0.4 is 4.90 Å². The van der Waals surface area contributed by atoms with Crippen LogP contribution in [0.4, 0.5) is 0 Å². The van der Waals surface area contributed by atoms with E-state index in [1.807, 2.05) is 30.3 Å². The molecule has 20 heavy (non-hydrogen) atoms. The number of carbonyl (C=O) groups excluding carboxylic acids is 1. The Morgan fingerprint density at radius 2 is 1.90 bits per heavy atom. The molecule has 0 amide bonds. The van der Waals surface area contributed by atoms with Crippen LogP contribution in [0.15, 0.2) is 30.3 Å². The molecule has 3 atom stereocenters. The van der Waals surface area contributed by atoms with Crippen LogP contribution in [0.1, 0.15) is 31.7 Å². The number of Topliss-reactive ketones (excluding diaryl/α,β-unsaturated/α-hetero) is 1. The van der Waals surface area contributed by atoms with Gasteiger partial charge in [-0.25, -0.2) is 0 Å². The minimum Gasteiger partial charge on any atom is -0.328 e. The second-order valence-electron chi connectivity index (χ2n) is 6.22. The Labute approximate surface area is 121 Å². The Bertz CT molecular complexity index is 481. The summed E-state index contributed by atoms with van der Waals surface area (Å²) in [4.78, 5) is 13.7. The number of piperidine rings is 1. The SMILES string of the molecule is C[C@H]1C[C@H](C)C[NH+](CC(=O)[C@@H](C#N)c2ccccc2)C1. The van der Waals surface area contributed by atoms with E-state index in [2.05, 4.69) is 19.9 Å². The van der Waals surface area contributed by atoms with Crippen LogP contribution in [0, 0.1) is 23.2 Å². The van der Waals surface area contributed by atoms with Crippen LogP contribution in [0.2, 0.25) is 0 Å². The van der Waals surface area contributed by atoms with Crippen molar-refractivity contribution in [3.8, 4) is 6.07 Å². The summed E-state index contributed by atoms with van der Waals surface area (Å²) in [6, 6.07) is 11.6.